The number of rotatable bonds is 4. The zero-order valence-electron chi connectivity index (χ0n) is 35.9. The minimum atomic E-state index is 0.367. The maximum atomic E-state index is 2.48. The second kappa shape index (κ2) is 12.5. The van der Waals surface area contributed by atoms with Crippen molar-refractivity contribution in [1.29, 1.82) is 0 Å². The van der Waals surface area contributed by atoms with Gasteiger partial charge in [0.05, 0.1) is 0 Å². The Morgan fingerprint density at radius 3 is 1.10 bits per heavy atom. The summed E-state index contributed by atoms with van der Waals surface area (Å²) < 4.78 is 0. The molecule has 0 N–H and O–H groups in total. The molecule has 0 bridgehead atoms. The first-order chi connectivity index (χ1) is 23.7. The van der Waals surface area contributed by atoms with Crippen molar-refractivity contribution >= 4 is 11.1 Å². The first kappa shape index (κ1) is 37.1. The van der Waals surface area contributed by atoms with E-state index in [2.05, 4.69) is 138 Å². The van der Waals surface area contributed by atoms with Crippen LogP contribution in [0.3, 0.4) is 0 Å². The number of hydrogen-bond donors (Lipinski definition) is 0. The zero-order valence-corrected chi connectivity index (χ0v) is 35.9. The molecule has 0 spiro atoms. The maximum absolute atomic E-state index is 2.48. The number of allylic oxidation sites excluding steroid dienone is 4. The smallest absolute Gasteiger partial charge is 0.0101 e. The highest BCUT2D eigenvalue weighted by atomic mass is 14.4. The van der Waals surface area contributed by atoms with E-state index in [1.165, 1.54) is 122 Å². The molecule has 2 aliphatic rings. The number of fused-ring (bicyclic) bond motifs is 2. The third-order valence-corrected chi connectivity index (χ3v) is 15.4. The fourth-order valence-corrected chi connectivity index (χ4v) is 10.5. The molecule has 6 rings (SSSR count). The van der Waals surface area contributed by atoms with E-state index in [9.17, 15) is 0 Å². The van der Waals surface area contributed by atoms with Gasteiger partial charge in [-0.05, 0) is 283 Å². The van der Waals surface area contributed by atoms with Gasteiger partial charge in [0.2, 0.25) is 0 Å². The quantitative estimate of drug-likeness (QED) is 0.202. The largest absolute Gasteiger partial charge is 0.0622 e. The van der Waals surface area contributed by atoms with Crippen LogP contribution in [0.5, 0.6) is 0 Å². The van der Waals surface area contributed by atoms with Crippen molar-refractivity contribution in [3.63, 3.8) is 0 Å². The highest BCUT2D eigenvalue weighted by Crippen LogP contribution is 2.58. The van der Waals surface area contributed by atoms with Crippen molar-refractivity contribution in [3.05, 3.63) is 122 Å². The summed E-state index contributed by atoms with van der Waals surface area (Å²) in [6.07, 6.45) is 1.05. The van der Waals surface area contributed by atoms with Gasteiger partial charge in [-0.25, -0.2) is 0 Å². The fraction of sp³-hybridized carbons (Fsp3) is 0.451. The average molecular weight is 677 g/mol. The van der Waals surface area contributed by atoms with Gasteiger partial charge in [-0.2, -0.15) is 0 Å². The SMILES string of the molecule is CC1=C(C)C(CC2=C(C)C(C)c3c2c(C)c(C)c(C)c3-c2c(C)c(C)c(C)c(C)c2C)c2c(C)c(C)c(C)c(-c3c(C)c(C)c(C)c(C)c3C)c21. The minimum Gasteiger partial charge on any atom is -0.0622 e. The van der Waals surface area contributed by atoms with Crippen LogP contribution in [0, 0.1) is 111 Å². The Balaban J connectivity index is 1.63. The van der Waals surface area contributed by atoms with Crippen LogP contribution in [0.15, 0.2) is 11.1 Å². The summed E-state index contributed by atoms with van der Waals surface area (Å²) in [7, 11) is 0. The van der Waals surface area contributed by atoms with E-state index in [0.717, 1.165) is 6.42 Å². The molecule has 0 heteroatoms. The maximum Gasteiger partial charge on any atom is 0.0101 e. The van der Waals surface area contributed by atoms with Crippen LogP contribution in [0.1, 0.15) is 157 Å². The predicted octanol–water partition coefficient (Wildman–Crippen LogP) is 14.8. The van der Waals surface area contributed by atoms with Crippen molar-refractivity contribution < 1.29 is 0 Å². The van der Waals surface area contributed by atoms with Gasteiger partial charge >= 0.3 is 0 Å². The molecule has 0 amide bonds. The molecule has 0 aromatic heterocycles. The molecular formula is C51H64. The lowest BCUT2D eigenvalue weighted by molar-refractivity contribution is 0.823. The molecule has 0 saturated heterocycles. The molecule has 2 atom stereocenters. The van der Waals surface area contributed by atoms with E-state index in [0.29, 0.717) is 11.8 Å². The van der Waals surface area contributed by atoms with Gasteiger partial charge in [0.15, 0.2) is 0 Å². The van der Waals surface area contributed by atoms with Gasteiger partial charge in [0.1, 0.15) is 0 Å². The van der Waals surface area contributed by atoms with Crippen molar-refractivity contribution in [2.24, 2.45) is 0 Å². The Labute approximate surface area is 311 Å². The second-order valence-electron chi connectivity index (χ2n) is 17.0. The fourth-order valence-electron chi connectivity index (χ4n) is 10.5. The van der Waals surface area contributed by atoms with Gasteiger partial charge in [-0.1, -0.05) is 18.1 Å². The molecule has 0 fully saturated rings. The Bertz CT molecular complexity index is 2250. The molecular weight excluding hydrogens is 613 g/mol. The van der Waals surface area contributed by atoms with Gasteiger partial charge < -0.3 is 0 Å². The Hall–Kier alpha value is -3.64. The lowest BCUT2D eigenvalue weighted by atomic mass is 9.76. The van der Waals surface area contributed by atoms with Crippen LogP contribution >= 0.6 is 0 Å². The molecule has 0 heterocycles. The highest BCUT2D eigenvalue weighted by molar-refractivity contribution is 5.96. The minimum absolute atomic E-state index is 0.367. The van der Waals surface area contributed by atoms with E-state index in [1.807, 2.05) is 0 Å². The van der Waals surface area contributed by atoms with Gasteiger partial charge in [0.25, 0.3) is 0 Å². The molecule has 0 radical (unpaired) electrons. The predicted molar refractivity (Wildman–Crippen MR) is 226 cm³/mol. The third-order valence-electron chi connectivity index (χ3n) is 15.4. The Kier molecular flexibility index (Phi) is 9.10. The zero-order chi connectivity index (χ0) is 38.0. The van der Waals surface area contributed by atoms with Crippen LogP contribution in [-0.2, 0) is 0 Å². The third kappa shape index (κ3) is 4.91. The highest BCUT2D eigenvalue weighted by Gasteiger charge is 2.39. The summed E-state index contributed by atoms with van der Waals surface area (Å²) in [5, 5.41) is 0. The van der Waals surface area contributed by atoms with Gasteiger partial charge in [0, 0.05) is 11.8 Å². The van der Waals surface area contributed by atoms with Crippen LogP contribution in [-0.4, -0.2) is 0 Å². The van der Waals surface area contributed by atoms with E-state index in [-0.39, 0.29) is 0 Å². The van der Waals surface area contributed by atoms with Crippen molar-refractivity contribution in [1.82, 2.24) is 0 Å². The number of benzene rings is 4. The molecule has 2 aliphatic carbocycles. The standard InChI is InChI=1S/C51H64/c1-22-24(3)32(11)44(33(12)25(22)4)48-38(17)28(7)36(15)46-42(30(9)40(19)50(46)48)21-43-31(10)41(20)51-47(43)37(16)29(8)39(18)49(51)45-34(13)26(5)23(2)27(6)35(45)14/h40,43H,21H2,1-20H3. The molecule has 4 aromatic rings. The van der Waals surface area contributed by atoms with Crippen LogP contribution in [0.25, 0.3) is 33.4 Å². The molecule has 0 aliphatic heterocycles. The lowest BCUT2D eigenvalue weighted by Crippen LogP contribution is -2.09. The first-order valence-corrected chi connectivity index (χ1v) is 19.5. The normalized spacial score (nSPS) is 16.9. The molecule has 4 aromatic carbocycles. The van der Waals surface area contributed by atoms with Crippen molar-refractivity contribution in [2.45, 2.75) is 157 Å². The monoisotopic (exact) mass is 677 g/mol. The molecule has 51 heavy (non-hydrogen) atoms. The molecule has 2 unspecified atom stereocenters. The summed E-state index contributed by atoms with van der Waals surface area (Å²) in [4.78, 5) is 0. The first-order valence-electron chi connectivity index (χ1n) is 19.5. The van der Waals surface area contributed by atoms with Crippen LogP contribution < -0.4 is 0 Å². The molecule has 268 valence electrons. The summed E-state index contributed by atoms with van der Waals surface area (Å²) in [6.45, 7) is 47.5. The Morgan fingerprint density at radius 2 is 0.627 bits per heavy atom. The van der Waals surface area contributed by atoms with E-state index >= 15 is 0 Å². The summed E-state index contributed by atoms with van der Waals surface area (Å²) in [6, 6.07) is 0. The van der Waals surface area contributed by atoms with Crippen LogP contribution in [0.2, 0.25) is 0 Å². The topological polar surface area (TPSA) is 0 Å². The van der Waals surface area contributed by atoms with Crippen molar-refractivity contribution in [3.8, 4) is 22.3 Å². The summed E-state index contributed by atoms with van der Waals surface area (Å²) >= 11 is 0. The van der Waals surface area contributed by atoms with Crippen molar-refractivity contribution in [2.75, 3.05) is 0 Å². The van der Waals surface area contributed by atoms with Crippen LogP contribution in [0.4, 0.5) is 0 Å². The second-order valence-corrected chi connectivity index (χ2v) is 17.0. The van der Waals surface area contributed by atoms with E-state index < -0.39 is 0 Å². The van der Waals surface area contributed by atoms with Gasteiger partial charge in [-0.15, -0.1) is 0 Å². The summed E-state index contributed by atoms with van der Waals surface area (Å²) in [5.41, 5.74) is 41.5. The van der Waals surface area contributed by atoms with E-state index in [1.54, 1.807) is 33.4 Å². The summed E-state index contributed by atoms with van der Waals surface area (Å²) in [5.74, 6) is 0.751. The molecule has 0 nitrogen and oxygen atoms in total. The molecule has 0 saturated carbocycles. The Morgan fingerprint density at radius 1 is 0.294 bits per heavy atom. The number of hydrogen-bond acceptors (Lipinski definition) is 0. The van der Waals surface area contributed by atoms with E-state index in [4.69, 9.17) is 0 Å². The van der Waals surface area contributed by atoms with Gasteiger partial charge in [-0.3, -0.25) is 0 Å². The average Bonchev–Trinajstić information content (AvgIpc) is 3.49. The lowest BCUT2D eigenvalue weighted by Gasteiger charge is -2.28.